The summed E-state index contributed by atoms with van der Waals surface area (Å²) in [5, 5.41) is 32.1. The summed E-state index contributed by atoms with van der Waals surface area (Å²) >= 11 is 5.91. The molecule has 0 bridgehead atoms. The summed E-state index contributed by atoms with van der Waals surface area (Å²) in [6.45, 7) is 3.88. The Morgan fingerprint density at radius 1 is 0.554 bits per heavy atom. The third-order valence-corrected chi connectivity index (χ3v) is 19.3. The third-order valence-electron chi connectivity index (χ3n) is 17.9. The molecule has 2 fully saturated rings. The minimum atomic E-state index is -4.63. The molecule has 0 spiro atoms. The van der Waals surface area contributed by atoms with Gasteiger partial charge in [-0.25, -0.2) is 9.36 Å². The molecule has 4 N–H and O–H groups in total. The Morgan fingerprint density at radius 2 is 0.946 bits per heavy atom. The van der Waals surface area contributed by atoms with E-state index in [1.54, 1.807) is 46.1 Å². The van der Waals surface area contributed by atoms with Crippen LogP contribution in [0, 0.1) is 11.8 Å². The monoisotopic (exact) mass is 1380 g/mol. The van der Waals surface area contributed by atoms with Crippen molar-refractivity contribution in [3.05, 3.63) is 199 Å². The van der Waals surface area contributed by atoms with Crippen LogP contribution in [0.4, 0.5) is 61.0 Å². The predicted molar refractivity (Wildman–Crippen MR) is 342 cm³/mol. The lowest BCUT2D eigenvalue weighted by Gasteiger charge is -2.47. The van der Waals surface area contributed by atoms with Crippen LogP contribution in [0.5, 0.6) is 0 Å². The molecule has 6 atom stereocenters. The van der Waals surface area contributed by atoms with E-state index in [-0.39, 0.29) is 45.0 Å². The third kappa shape index (κ3) is 11.1. The summed E-state index contributed by atoms with van der Waals surface area (Å²) in [5.74, 6) is 0.267. The number of alkyl halides is 6. The van der Waals surface area contributed by atoms with E-state index in [4.69, 9.17) is 10.2 Å². The summed E-state index contributed by atoms with van der Waals surface area (Å²) in [7, 11) is 3.58. The maximum absolute atomic E-state index is 14.5. The highest BCUT2D eigenvalue weighted by Crippen LogP contribution is 2.49. The molecule has 6 aromatic carbocycles. The first-order valence-electron chi connectivity index (χ1n) is 29.7. The molecule has 0 saturated carbocycles. The standard InChI is InChI=1S/2C33H29BrF3N7O2/c2*1-18-12-24-28(17-42(18)31(45)20-8-11-26(34)25(14-20)33(35,36)37)44-30(21(16-39-44)13-19-6-4-3-5-7-19)43(32(24)46)22-9-10-23-27(15-22)40-41-29(23)38-2/h2*3-11,14-16,18,24,28H,12-13,17H2,1-2H3,(H2,38,40,41)/t2*18-,24?,28?/m10/s1. The van der Waals surface area contributed by atoms with E-state index in [2.05, 4.69) is 62.9 Å². The number of aromatic amines is 2. The van der Waals surface area contributed by atoms with Gasteiger partial charge in [0.15, 0.2) is 11.6 Å². The summed E-state index contributed by atoms with van der Waals surface area (Å²) in [5.41, 5.74) is 4.60. The zero-order valence-corrected chi connectivity index (χ0v) is 52.9. The normalized spacial score (nSPS) is 19.7. The van der Waals surface area contributed by atoms with Crippen LogP contribution in [0.1, 0.15) is 92.9 Å². The molecule has 4 unspecified atom stereocenters. The molecule has 4 amide bonds. The lowest BCUT2D eigenvalue weighted by molar-refractivity contribution is -0.139. The molecule has 0 radical (unpaired) electrons. The van der Waals surface area contributed by atoms with Crippen molar-refractivity contribution in [1.29, 1.82) is 0 Å². The SMILES string of the molecule is CNc1n[nH]c2cc(N3C(=O)C4C[C@@H](C)N(C(=O)c5ccc(Br)c(C(F)(F)F)c5)CC4n4ncc(Cc5ccccc5)c43)ccc12.CNc1n[nH]c2cc(N3C(=O)C4C[C@H](C)N(C(=O)c5ccc(Br)c(C(F)(F)F)c5)CC4n4ncc(Cc5ccccc5)c43)ccc12. The molecule has 18 nitrogen and oxygen atoms in total. The molecule has 4 aliphatic rings. The fraction of sp³-hybridized carbons (Fsp3) is 0.273. The van der Waals surface area contributed by atoms with Crippen molar-refractivity contribution in [2.45, 2.75) is 76.1 Å². The molecule has 4 aliphatic heterocycles. The summed E-state index contributed by atoms with van der Waals surface area (Å²) < 4.78 is 85.3. The molecule has 26 heteroatoms. The maximum Gasteiger partial charge on any atom is 0.417 e. The molecule has 8 heterocycles. The van der Waals surface area contributed by atoms with Gasteiger partial charge in [0.2, 0.25) is 11.8 Å². The number of likely N-dealkylation sites (tertiary alicyclic amines) is 2. The van der Waals surface area contributed by atoms with Crippen molar-refractivity contribution < 1.29 is 45.5 Å². The van der Waals surface area contributed by atoms with E-state index >= 15 is 0 Å². The fourth-order valence-electron chi connectivity index (χ4n) is 13.4. The summed E-state index contributed by atoms with van der Waals surface area (Å²) in [6.07, 6.45) is -4.06. The highest BCUT2D eigenvalue weighted by Gasteiger charge is 2.51. The van der Waals surface area contributed by atoms with Crippen LogP contribution in [0.3, 0.4) is 0 Å². The molecule has 4 aromatic heterocycles. The van der Waals surface area contributed by atoms with Gasteiger partial charge in [-0.05, 0) is 111 Å². The van der Waals surface area contributed by atoms with E-state index in [1.165, 1.54) is 24.3 Å². The smallest absolute Gasteiger partial charge is 0.371 e. The highest BCUT2D eigenvalue weighted by molar-refractivity contribution is 9.10. The number of amides is 4. The lowest BCUT2D eigenvalue weighted by Crippen LogP contribution is -2.56. The number of halogens is 8. The summed E-state index contributed by atoms with van der Waals surface area (Å²) in [6, 6.07) is 36.3. The van der Waals surface area contributed by atoms with Gasteiger partial charge in [0, 0.05) is 94.1 Å². The number of nitrogens with one attached hydrogen (secondary N) is 4. The Hall–Kier alpha value is -9.30. The number of fused-ring (bicyclic) bond motifs is 8. The molecular formula is C66H58Br2F6N14O4. The van der Waals surface area contributed by atoms with Gasteiger partial charge in [-0.2, -0.15) is 46.7 Å². The van der Waals surface area contributed by atoms with E-state index in [0.29, 0.717) is 60.3 Å². The van der Waals surface area contributed by atoms with Crippen molar-refractivity contribution in [3.8, 4) is 0 Å². The number of carbonyl (C=O) groups excluding carboxylic acids is 4. The van der Waals surface area contributed by atoms with Gasteiger partial charge in [-0.15, -0.1) is 0 Å². The molecule has 2 saturated heterocycles. The first-order valence-corrected chi connectivity index (χ1v) is 31.2. The second kappa shape index (κ2) is 24.1. The van der Waals surface area contributed by atoms with Gasteiger partial charge in [0.25, 0.3) is 11.8 Å². The van der Waals surface area contributed by atoms with Gasteiger partial charge >= 0.3 is 12.4 Å². The van der Waals surface area contributed by atoms with Crippen molar-refractivity contribution in [2.75, 3.05) is 47.6 Å². The quantitative estimate of drug-likeness (QED) is 0.0956. The van der Waals surface area contributed by atoms with Crippen molar-refractivity contribution in [2.24, 2.45) is 11.8 Å². The van der Waals surface area contributed by atoms with Gasteiger partial charge in [0.1, 0.15) is 11.6 Å². The number of anilines is 6. The average Bonchev–Trinajstić information content (AvgIpc) is 1.50. The summed E-state index contributed by atoms with van der Waals surface area (Å²) in [4.78, 5) is 63.1. The zero-order chi connectivity index (χ0) is 64.7. The number of nitrogens with zero attached hydrogens (tertiary/aromatic N) is 10. The Morgan fingerprint density at radius 3 is 1.32 bits per heavy atom. The number of aromatic nitrogens is 8. The minimum Gasteiger partial charge on any atom is -0.371 e. The number of benzene rings is 6. The molecule has 92 heavy (non-hydrogen) atoms. The molecular weight excluding hydrogens is 1330 g/mol. The lowest BCUT2D eigenvalue weighted by atomic mass is 9.84. The van der Waals surface area contributed by atoms with E-state index in [1.807, 2.05) is 120 Å². The molecule has 0 aliphatic carbocycles. The van der Waals surface area contributed by atoms with E-state index < -0.39 is 71.3 Å². The van der Waals surface area contributed by atoms with Crippen LogP contribution in [0.25, 0.3) is 21.8 Å². The number of carbonyl (C=O) groups is 4. The number of rotatable bonds is 10. The van der Waals surface area contributed by atoms with E-state index in [9.17, 15) is 45.5 Å². The maximum atomic E-state index is 14.5. The molecule has 472 valence electrons. The first-order chi connectivity index (χ1) is 44.1. The van der Waals surface area contributed by atoms with E-state index in [0.717, 1.165) is 56.2 Å². The van der Waals surface area contributed by atoms with Crippen LogP contribution >= 0.6 is 31.9 Å². The average molecular weight is 1390 g/mol. The number of hydrogen-bond acceptors (Lipinski definition) is 10. The fourth-order valence-corrected chi connectivity index (χ4v) is 14.3. The van der Waals surface area contributed by atoms with Crippen molar-refractivity contribution in [3.63, 3.8) is 0 Å². The first kappa shape index (κ1) is 61.6. The second-order valence-corrected chi connectivity index (χ2v) is 25.2. The predicted octanol–water partition coefficient (Wildman–Crippen LogP) is 13.9. The Kier molecular flexibility index (Phi) is 16.1. The van der Waals surface area contributed by atoms with Crippen molar-refractivity contribution in [1.82, 2.24) is 49.8 Å². The van der Waals surface area contributed by atoms with Crippen LogP contribution in [0.15, 0.2) is 155 Å². The Balaban J connectivity index is 0.000000168. The van der Waals surface area contributed by atoms with Crippen LogP contribution in [0.2, 0.25) is 0 Å². The topological polar surface area (TPSA) is 198 Å². The number of H-pyrrole nitrogens is 2. The van der Waals surface area contributed by atoms with Gasteiger partial charge in [0.05, 0.1) is 69.8 Å². The Bertz CT molecular complexity index is 4230. The second-order valence-electron chi connectivity index (χ2n) is 23.5. The van der Waals surface area contributed by atoms with Gasteiger partial charge in [-0.1, -0.05) is 92.5 Å². The zero-order valence-electron chi connectivity index (χ0n) is 49.7. The van der Waals surface area contributed by atoms with Crippen LogP contribution in [-0.4, -0.2) is 113 Å². The Labute approximate surface area is 539 Å². The van der Waals surface area contributed by atoms with Crippen LogP contribution < -0.4 is 20.4 Å². The van der Waals surface area contributed by atoms with Crippen LogP contribution in [-0.2, 0) is 34.8 Å². The number of hydrogen-bond donors (Lipinski definition) is 4. The molecule has 10 aromatic rings. The highest BCUT2D eigenvalue weighted by atomic mass is 79.9. The minimum absolute atomic E-state index is 0.0659. The van der Waals surface area contributed by atoms with Gasteiger partial charge in [-0.3, -0.25) is 39.2 Å². The van der Waals surface area contributed by atoms with Gasteiger partial charge < -0.3 is 20.4 Å². The number of piperidine rings is 2. The largest absolute Gasteiger partial charge is 0.417 e. The van der Waals surface area contributed by atoms with Crippen molar-refractivity contribution >= 4 is 112 Å². The molecule has 14 rings (SSSR count).